The largest absolute Gasteiger partial charge is 0.444 e. The highest BCUT2D eigenvalue weighted by Crippen LogP contribution is 2.18. The Morgan fingerprint density at radius 1 is 1.03 bits per heavy atom. The first-order chi connectivity index (χ1) is 13.8. The van der Waals surface area contributed by atoms with Crippen LogP contribution in [0.2, 0.25) is 0 Å². The Labute approximate surface area is 190 Å². The van der Waals surface area contributed by atoms with Crippen molar-refractivity contribution in [3.8, 4) is 11.5 Å². The van der Waals surface area contributed by atoms with E-state index >= 15 is 0 Å². The standard InChI is InChI=1S/C21H32N4O3.HI/c1-3-5-12-26-14-15-27-13-11-23-21(22-4-2)24-16-19-17-28-20(25-19)18-9-7-6-8-10-18;/h6-10,17H,3-5,11-16H2,1-2H3,(H2,22,23,24);1H. The van der Waals surface area contributed by atoms with Crippen LogP contribution in [0.4, 0.5) is 0 Å². The first kappa shape index (κ1) is 25.4. The number of rotatable bonds is 13. The number of aromatic nitrogens is 1. The Bertz CT molecular complexity index is 680. The lowest BCUT2D eigenvalue weighted by Crippen LogP contribution is -2.39. The van der Waals surface area contributed by atoms with Crippen LogP contribution < -0.4 is 10.6 Å². The van der Waals surface area contributed by atoms with Gasteiger partial charge in [0, 0.05) is 25.3 Å². The lowest BCUT2D eigenvalue weighted by Gasteiger charge is -2.11. The highest BCUT2D eigenvalue weighted by Gasteiger charge is 2.06. The Hall–Kier alpha value is -1.65. The van der Waals surface area contributed by atoms with Gasteiger partial charge in [0.25, 0.3) is 0 Å². The normalized spacial score (nSPS) is 11.2. The van der Waals surface area contributed by atoms with Gasteiger partial charge in [-0.1, -0.05) is 31.5 Å². The molecule has 0 saturated carbocycles. The van der Waals surface area contributed by atoms with Gasteiger partial charge in [-0.3, -0.25) is 0 Å². The van der Waals surface area contributed by atoms with Gasteiger partial charge in [0.2, 0.25) is 5.89 Å². The molecule has 0 unspecified atom stereocenters. The highest BCUT2D eigenvalue weighted by atomic mass is 127. The molecule has 0 spiro atoms. The average Bonchev–Trinajstić information content (AvgIpc) is 3.20. The molecule has 2 rings (SSSR count). The zero-order valence-corrected chi connectivity index (χ0v) is 19.7. The van der Waals surface area contributed by atoms with Crippen molar-refractivity contribution in [3.05, 3.63) is 42.3 Å². The van der Waals surface area contributed by atoms with Crippen LogP contribution >= 0.6 is 24.0 Å². The summed E-state index contributed by atoms with van der Waals surface area (Å²) in [4.78, 5) is 9.05. The maximum Gasteiger partial charge on any atom is 0.226 e. The molecular formula is C21H33IN4O3. The molecule has 0 bridgehead atoms. The van der Waals surface area contributed by atoms with Gasteiger partial charge in [0.1, 0.15) is 12.0 Å². The molecule has 1 aromatic heterocycles. The first-order valence-corrected chi connectivity index (χ1v) is 10.0. The minimum atomic E-state index is 0. The molecular weight excluding hydrogens is 483 g/mol. The fraction of sp³-hybridized carbons (Fsp3) is 0.524. The van der Waals surface area contributed by atoms with Gasteiger partial charge >= 0.3 is 0 Å². The van der Waals surface area contributed by atoms with E-state index in [1.54, 1.807) is 6.26 Å². The molecule has 1 aromatic carbocycles. The van der Waals surface area contributed by atoms with Gasteiger partial charge in [0.05, 0.1) is 26.4 Å². The van der Waals surface area contributed by atoms with Gasteiger partial charge in [-0.15, -0.1) is 24.0 Å². The number of ether oxygens (including phenoxy) is 2. The highest BCUT2D eigenvalue weighted by molar-refractivity contribution is 14.0. The molecule has 0 amide bonds. The SMILES string of the molecule is CCCCOCCOCCNC(=NCc1coc(-c2ccccc2)n1)NCC.I. The van der Waals surface area contributed by atoms with E-state index in [4.69, 9.17) is 13.9 Å². The van der Waals surface area contributed by atoms with Gasteiger partial charge in [-0.25, -0.2) is 9.98 Å². The number of nitrogens with zero attached hydrogens (tertiary/aromatic N) is 2. The summed E-state index contributed by atoms with van der Waals surface area (Å²) in [6.07, 6.45) is 3.90. The molecule has 162 valence electrons. The third-order valence-electron chi connectivity index (χ3n) is 3.87. The Kier molecular flexibility index (Phi) is 14.2. The molecule has 2 aromatic rings. The van der Waals surface area contributed by atoms with Crippen molar-refractivity contribution in [1.82, 2.24) is 15.6 Å². The van der Waals surface area contributed by atoms with Crippen LogP contribution in [0.5, 0.6) is 0 Å². The smallest absolute Gasteiger partial charge is 0.226 e. The van der Waals surface area contributed by atoms with Crippen molar-refractivity contribution in [2.75, 3.05) is 39.5 Å². The second-order valence-electron chi connectivity index (χ2n) is 6.21. The third-order valence-corrected chi connectivity index (χ3v) is 3.87. The van der Waals surface area contributed by atoms with Gasteiger partial charge in [0.15, 0.2) is 5.96 Å². The second kappa shape index (κ2) is 16.2. The molecule has 0 atom stereocenters. The zero-order valence-electron chi connectivity index (χ0n) is 17.4. The minimum absolute atomic E-state index is 0. The monoisotopic (exact) mass is 516 g/mol. The fourth-order valence-corrected chi connectivity index (χ4v) is 2.40. The first-order valence-electron chi connectivity index (χ1n) is 10.0. The van der Waals surface area contributed by atoms with Crippen molar-refractivity contribution < 1.29 is 13.9 Å². The predicted octanol–water partition coefficient (Wildman–Crippen LogP) is 3.85. The lowest BCUT2D eigenvalue weighted by atomic mass is 10.2. The lowest BCUT2D eigenvalue weighted by molar-refractivity contribution is 0.0487. The number of halogens is 1. The van der Waals surface area contributed by atoms with Crippen LogP contribution in [0.3, 0.4) is 0 Å². The number of oxazole rings is 1. The summed E-state index contributed by atoms with van der Waals surface area (Å²) in [5, 5.41) is 6.47. The van der Waals surface area contributed by atoms with Crippen LogP contribution in [0, 0.1) is 0 Å². The molecule has 7 nitrogen and oxygen atoms in total. The van der Waals surface area contributed by atoms with Crippen molar-refractivity contribution in [3.63, 3.8) is 0 Å². The Balaban J connectivity index is 0.00000420. The zero-order chi connectivity index (χ0) is 19.9. The van der Waals surface area contributed by atoms with Crippen molar-refractivity contribution >= 4 is 29.9 Å². The quantitative estimate of drug-likeness (QED) is 0.182. The summed E-state index contributed by atoms with van der Waals surface area (Å²) < 4.78 is 16.6. The number of benzene rings is 1. The second-order valence-corrected chi connectivity index (χ2v) is 6.21. The number of hydrogen-bond donors (Lipinski definition) is 2. The molecule has 0 aliphatic heterocycles. The van der Waals surface area contributed by atoms with Crippen molar-refractivity contribution in [2.45, 2.75) is 33.2 Å². The van der Waals surface area contributed by atoms with Crippen LogP contribution in [0.25, 0.3) is 11.5 Å². The number of hydrogen-bond acceptors (Lipinski definition) is 5. The van der Waals surface area contributed by atoms with Crippen LogP contribution in [0.15, 0.2) is 46.0 Å². The summed E-state index contributed by atoms with van der Waals surface area (Å²) in [6.45, 7) is 8.75. The van der Waals surface area contributed by atoms with E-state index in [0.29, 0.717) is 38.8 Å². The van der Waals surface area contributed by atoms with Gasteiger partial charge < -0.3 is 24.5 Å². The number of unbranched alkanes of at least 4 members (excludes halogenated alkanes) is 1. The molecule has 8 heteroatoms. The van der Waals surface area contributed by atoms with Crippen molar-refractivity contribution in [2.24, 2.45) is 4.99 Å². The number of nitrogens with one attached hydrogen (secondary N) is 2. The Morgan fingerprint density at radius 2 is 1.79 bits per heavy atom. The molecule has 0 fully saturated rings. The molecule has 0 aliphatic carbocycles. The van der Waals surface area contributed by atoms with E-state index in [2.05, 4.69) is 27.5 Å². The third kappa shape index (κ3) is 10.6. The molecule has 29 heavy (non-hydrogen) atoms. The van der Waals surface area contributed by atoms with Crippen LogP contribution in [-0.2, 0) is 16.0 Å². The van der Waals surface area contributed by atoms with Crippen LogP contribution in [0.1, 0.15) is 32.4 Å². The molecule has 1 heterocycles. The summed E-state index contributed by atoms with van der Waals surface area (Å²) >= 11 is 0. The molecule has 0 aliphatic rings. The summed E-state index contributed by atoms with van der Waals surface area (Å²) in [5.41, 5.74) is 1.75. The minimum Gasteiger partial charge on any atom is -0.444 e. The van der Waals surface area contributed by atoms with E-state index in [1.807, 2.05) is 37.3 Å². The summed E-state index contributed by atoms with van der Waals surface area (Å²) in [6, 6.07) is 9.84. The molecule has 2 N–H and O–H groups in total. The number of aliphatic imine (C=N–C) groups is 1. The van der Waals surface area contributed by atoms with Crippen LogP contribution in [-0.4, -0.2) is 50.5 Å². The van der Waals surface area contributed by atoms with E-state index in [1.165, 1.54) is 0 Å². The van der Waals surface area contributed by atoms with Gasteiger partial charge in [-0.05, 0) is 25.5 Å². The Morgan fingerprint density at radius 3 is 2.52 bits per heavy atom. The summed E-state index contributed by atoms with van der Waals surface area (Å²) in [7, 11) is 0. The van der Waals surface area contributed by atoms with Gasteiger partial charge in [-0.2, -0.15) is 0 Å². The van der Waals surface area contributed by atoms with E-state index in [-0.39, 0.29) is 24.0 Å². The van der Waals surface area contributed by atoms with E-state index in [0.717, 1.165) is 43.2 Å². The fourth-order valence-electron chi connectivity index (χ4n) is 2.40. The van der Waals surface area contributed by atoms with E-state index < -0.39 is 0 Å². The topological polar surface area (TPSA) is 80.9 Å². The predicted molar refractivity (Wildman–Crippen MR) is 127 cm³/mol. The molecule has 0 radical (unpaired) electrons. The van der Waals surface area contributed by atoms with Crippen molar-refractivity contribution in [1.29, 1.82) is 0 Å². The molecule has 0 saturated heterocycles. The number of guanidine groups is 1. The maximum atomic E-state index is 5.56. The van der Waals surface area contributed by atoms with E-state index in [9.17, 15) is 0 Å². The summed E-state index contributed by atoms with van der Waals surface area (Å²) in [5.74, 6) is 1.34. The average molecular weight is 516 g/mol. The maximum absolute atomic E-state index is 5.56.